The van der Waals surface area contributed by atoms with Gasteiger partial charge in [-0.2, -0.15) is 0 Å². The van der Waals surface area contributed by atoms with Gasteiger partial charge in [0.05, 0.1) is 0 Å². The molecule has 3 rings (SSSR count). The third-order valence-electron chi connectivity index (χ3n) is 4.99. The van der Waals surface area contributed by atoms with Gasteiger partial charge in [-0.15, -0.1) is 0 Å². The lowest BCUT2D eigenvalue weighted by Gasteiger charge is -2.28. The molecule has 2 unspecified atom stereocenters. The van der Waals surface area contributed by atoms with E-state index < -0.39 is 0 Å². The van der Waals surface area contributed by atoms with E-state index in [1.165, 1.54) is 24.0 Å². The summed E-state index contributed by atoms with van der Waals surface area (Å²) < 4.78 is 0. The number of benzene rings is 2. The summed E-state index contributed by atoms with van der Waals surface area (Å²) in [7, 11) is 0. The lowest BCUT2D eigenvalue weighted by molar-refractivity contribution is 0.278. The highest BCUT2D eigenvalue weighted by molar-refractivity contribution is 5.33. The molecule has 1 saturated carbocycles. The number of aliphatic hydroxyl groups is 1. The molecule has 2 aromatic rings. The summed E-state index contributed by atoms with van der Waals surface area (Å²) in [5, 5.41) is 18.7. The summed E-state index contributed by atoms with van der Waals surface area (Å²) >= 11 is 0. The average Bonchev–Trinajstić information content (AvgIpc) is 3.41. The Morgan fingerprint density at radius 1 is 0.870 bits per heavy atom. The Hall–Kier alpha value is -1.80. The van der Waals surface area contributed by atoms with Gasteiger partial charge in [-0.1, -0.05) is 48.9 Å². The minimum absolute atomic E-state index is 0.266. The number of phenols is 1. The molecule has 0 heterocycles. The third-order valence-corrected chi connectivity index (χ3v) is 4.99. The van der Waals surface area contributed by atoms with Crippen molar-refractivity contribution < 1.29 is 10.2 Å². The summed E-state index contributed by atoms with van der Waals surface area (Å²) in [4.78, 5) is 0. The van der Waals surface area contributed by atoms with Crippen LogP contribution in [0.15, 0.2) is 54.6 Å². The smallest absolute Gasteiger partial charge is 0.115 e. The molecule has 0 bridgehead atoms. The van der Waals surface area contributed by atoms with E-state index in [0.717, 1.165) is 25.2 Å². The van der Waals surface area contributed by atoms with E-state index >= 15 is 0 Å². The number of unbranched alkanes of at least 4 members (excludes halogenated alkanes) is 1. The van der Waals surface area contributed by atoms with Gasteiger partial charge in [0, 0.05) is 6.61 Å². The lowest BCUT2D eigenvalue weighted by atomic mass is 9.76. The molecule has 0 aliphatic heterocycles. The molecule has 1 aliphatic carbocycles. The van der Waals surface area contributed by atoms with Crippen LogP contribution in [0.3, 0.4) is 0 Å². The van der Waals surface area contributed by atoms with Crippen molar-refractivity contribution >= 4 is 0 Å². The number of phenolic OH excluding ortho intramolecular Hbond substituents is 1. The molecule has 2 N–H and O–H groups in total. The zero-order valence-corrected chi connectivity index (χ0v) is 13.6. The number of hydrogen-bond acceptors (Lipinski definition) is 2. The summed E-state index contributed by atoms with van der Waals surface area (Å²) in [5.74, 6) is 2.09. The van der Waals surface area contributed by atoms with E-state index in [9.17, 15) is 5.11 Å². The van der Waals surface area contributed by atoms with Crippen LogP contribution < -0.4 is 0 Å². The van der Waals surface area contributed by atoms with Crippen molar-refractivity contribution in [2.45, 2.75) is 43.9 Å². The summed E-state index contributed by atoms with van der Waals surface area (Å²) in [6.07, 6.45) is 5.61. The molecule has 23 heavy (non-hydrogen) atoms. The van der Waals surface area contributed by atoms with Crippen LogP contribution in [0.2, 0.25) is 0 Å². The van der Waals surface area contributed by atoms with Crippen LogP contribution in [0.25, 0.3) is 0 Å². The van der Waals surface area contributed by atoms with Crippen molar-refractivity contribution in [3.63, 3.8) is 0 Å². The largest absolute Gasteiger partial charge is 0.508 e. The first-order valence-electron chi connectivity index (χ1n) is 8.74. The maximum Gasteiger partial charge on any atom is 0.115 e. The third kappa shape index (κ3) is 4.14. The Bertz CT molecular complexity index is 587. The Morgan fingerprint density at radius 2 is 1.57 bits per heavy atom. The number of hydrogen-bond donors (Lipinski definition) is 2. The van der Waals surface area contributed by atoms with Crippen LogP contribution >= 0.6 is 0 Å². The zero-order valence-electron chi connectivity index (χ0n) is 13.6. The summed E-state index contributed by atoms with van der Waals surface area (Å²) in [6.45, 7) is 0.266. The molecule has 0 spiro atoms. The van der Waals surface area contributed by atoms with Gasteiger partial charge >= 0.3 is 0 Å². The van der Waals surface area contributed by atoms with Crippen LogP contribution in [0.5, 0.6) is 5.75 Å². The normalized spacial score (nSPS) is 16.9. The molecular weight excluding hydrogens is 284 g/mol. The fourth-order valence-electron chi connectivity index (χ4n) is 3.71. The molecular formula is C21H26O2. The first-order chi connectivity index (χ1) is 11.3. The van der Waals surface area contributed by atoms with E-state index in [-0.39, 0.29) is 6.61 Å². The number of aliphatic hydroxyl groups excluding tert-OH is 1. The minimum Gasteiger partial charge on any atom is -0.508 e. The van der Waals surface area contributed by atoms with Gasteiger partial charge in [0.2, 0.25) is 0 Å². The van der Waals surface area contributed by atoms with E-state index in [4.69, 9.17) is 5.11 Å². The number of aromatic hydroxyl groups is 1. The van der Waals surface area contributed by atoms with Crippen LogP contribution in [0.4, 0.5) is 0 Å². The minimum atomic E-state index is 0.266. The first-order valence-corrected chi connectivity index (χ1v) is 8.74. The van der Waals surface area contributed by atoms with Crippen LogP contribution in [0.1, 0.15) is 55.1 Å². The predicted molar refractivity (Wildman–Crippen MR) is 93.7 cm³/mol. The zero-order chi connectivity index (χ0) is 16.1. The highest BCUT2D eigenvalue weighted by Gasteiger charge is 2.37. The van der Waals surface area contributed by atoms with Crippen molar-refractivity contribution in [3.8, 4) is 5.75 Å². The van der Waals surface area contributed by atoms with Gasteiger partial charge in [0.1, 0.15) is 5.75 Å². The molecule has 0 aromatic heterocycles. The van der Waals surface area contributed by atoms with Gasteiger partial charge < -0.3 is 10.2 Å². The SMILES string of the molecule is OCCCCC(c1ccc(O)cc1)C(c1ccccc1)C1CC1. The van der Waals surface area contributed by atoms with Gasteiger partial charge in [0.25, 0.3) is 0 Å². The molecule has 1 fully saturated rings. The lowest BCUT2D eigenvalue weighted by Crippen LogP contribution is -2.14. The maximum atomic E-state index is 9.60. The van der Waals surface area contributed by atoms with Crippen LogP contribution in [-0.4, -0.2) is 16.8 Å². The van der Waals surface area contributed by atoms with Crippen LogP contribution in [0, 0.1) is 5.92 Å². The molecule has 2 heteroatoms. The second-order valence-corrected chi connectivity index (χ2v) is 6.69. The van der Waals surface area contributed by atoms with Gasteiger partial charge in [-0.05, 0) is 66.7 Å². The highest BCUT2D eigenvalue weighted by atomic mass is 16.3. The standard InChI is InChI=1S/C21H26O2/c22-15-5-4-8-20(16-11-13-19(23)14-12-16)21(18-9-10-18)17-6-2-1-3-7-17/h1-3,6-7,11-14,18,20-23H,4-5,8-10,15H2. The average molecular weight is 310 g/mol. The fourth-order valence-corrected chi connectivity index (χ4v) is 3.71. The second-order valence-electron chi connectivity index (χ2n) is 6.69. The van der Waals surface area contributed by atoms with E-state index in [1.807, 2.05) is 0 Å². The first kappa shape index (κ1) is 16.1. The van der Waals surface area contributed by atoms with E-state index in [1.54, 1.807) is 12.1 Å². The Kier molecular flexibility index (Phi) is 5.35. The Labute approximate surface area is 138 Å². The monoisotopic (exact) mass is 310 g/mol. The van der Waals surface area contributed by atoms with Crippen LogP contribution in [-0.2, 0) is 0 Å². The molecule has 122 valence electrons. The predicted octanol–water partition coefficient (Wildman–Crippen LogP) is 4.83. The van der Waals surface area contributed by atoms with Gasteiger partial charge in [-0.3, -0.25) is 0 Å². The highest BCUT2D eigenvalue weighted by Crippen LogP contribution is 2.51. The van der Waals surface area contributed by atoms with Crippen molar-refractivity contribution in [1.82, 2.24) is 0 Å². The van der Waals surface area contributed by atoms with E-state index in [2.05, 4.69) is 42.5 Å². The topological polar surface area (TPSA) is 40.5 Å². The Balaban J connectivity index is 1.89. The summed E-state index contributed by atoms with van der Waals surface area (Å²) in [6, 6.07) is 18.6. The molecule has 2 atom stereocenters. The van der Waals surface area contributed by atoms with Gasteiger partial charge in [-0.25, -0.2) is 0 Å². The maximum absolute atomic E-state index is 9.60. The van der Waals surface area contributed by atoms with Crippen molar-refractivity contribution in [1.29, 1.82) is 0 Å². The van der Waals surface area contributed by atoms with Gasteiger partial charge in [0.15, 0.2) is 0 Å². The molecule has 0 saturated heterocycles. The fraction of sp³-hybridized carbons (Fsp3) is 0.429. The quantitative estimate of drug-likeness (QED) is 0.685. The summed E-state index contributed by atoms with van der Waals surface area (Å²) in [5.41, 5.74) is 2.73. The molecule has 2 nitrogen and oxygen atoms in total. The molecule has 0 radical (unpaired) electrons. The molecule has 1 aliphatic rings. The van der Waals surface area contributed by atoms with Crippen molar-refractivity contribution in [2.75, 3.05) is 6.61 Å². The molecule has 0 amide bonds. The Morgan fingerprint density at radius 3 is 2.17 bits per heavy atom. The van der Waals surface area contributed by atoms with Crippen molar-refractivity contribution in [3.05, 3.63) is 65.7 Å². The second kappa shape index (κ2) is 7.65. The van der Waals surface area contributed by atoms with E-state index in [0.29, 0.717) is 17.6 Å². The van der Waals surface area contributed by atoms with Crippen molar-refractivity contribution in [2.24, 2.45) is 5.92 Å². The number of rotatable bonds is 8. The molecule has 2 aromatic carbocycles.